The highest BCUT2D eigenvalue weighted by Gasteiger charge is 2.41. The van der Waals surface area contributed by atoms with Crippen molar-refractivity contribution in [3.05, 3.63) is 76.0 Å². The van der Waals surface area contributed by atoms with Crippen LogP contribution in [0, 0.1) is 19.3 Å². The van der Waals surface area contributed by atoms with Crippen molar-refractivity contribution in [3.8, 4) is 5.75 Å². The van der Waals surface area contributed by atoms with Crippen LogP contribution >= 0.6 is 11.8 Å². The zero-order valence-corrected chi connectivity index (χ0v) is 21.1. The summed E-state index contributed by atoms with van der Waals surface area (Å²) in [5.74, 6) is 2.44. The van der Waals surface area contributed by atoms with Gasteiger partial charge in [-0.1, -0.05) is 61.5 Å². The molecular formula is C27H30N4O2S. The average Bonchev–Trinajstić information content (AvgIpc) is 3.19. The lowest BCUT2D eigenvalue weighted by Gasteiger charge is -2.38. The Morgan fingerprint density at radius 3 is 2.62 bits per heavy atom. The van der Waals surface area contributed by atoms with Gasteiger partial charge in [-0.15, -0.1) is 5.10 Å². The Morgan fingerprint density at radius 1 is 1.15 bits per heavy atom. The number of rotatable bonds is 5. The van der Waals surface area contributed by atoms with Gasteiger partial charge in [0.15, 0.2) is 5.78 Å². The van der Waals surface area contributed by atoms with Crippen LogP contribution in [0.25, 0.3) is 0 Å². The Bertz CT molecular complexity index is 1290. The van der Waals surface area contributed by atoms with E-state index in [-0.39, 0.29) is 17.2 Å². The summed E-state index contributed by atoms with van der Waals surface area (Å²) in [7, 11) is 1.65. The molecule has 2 heterocycles. The van der Waals surface area contributed by atoms with Gasteiger partial charge in [-0.05, 0) is 54.5 Å². The molecule has 0 fully saturated rings. The Balaban J connectivity index is 1.51. The van der Waals surface area contributed by atoms with E-state index in [2.05, 4.69) is 51.2 Å². The van der Waals surface area contributed by atoms with Gasteiger partial charge < -0.3 is 10.1 Å². The summed E-state index contributed by atoms with van der Waals surface area (Å²) in [5, 5.41) is 9.02. The molecule has 1 aliphatic heterocycles. The van der Waals surface area contributed by atoms with Gasteiger partial charge in [0, 0.05) is 23.4 Å². The monoisotopic (exact) mass is 474 g/mol. The quantitative estimate of drug-likeness (QED) is 0.468. The standard InChI is InChI=1S/C27H30N4O2S/c1-16-6-7-19(17(2)12-16)15-34-26-29-25-28-21-13-27(3,4)14-22(32)23(21)24(31(25)30-26)18-8-10-20(33-5)11-9-18/h6-12,24H,13-15H2,1-5H3,(H,28,29,30)/t24-/m1/s1. The molecule has 1 aromatic heterocycles. The maximum absolute atomic E-state index is 13.4. The molecule has 0 radical (unpaired) electrons. The Labute approximate surface area is 204 Å². The molecule has 1 atom stereocenters. The van der Waals surface area contributed by atoms with Crippen LogP contribution < -0.4 is 10.1 Å². The lowest BCUT2D eigenvalue weighted by atomic mass is 9.73. The summed E-state index contributed by atoms with van der Waals surface area (Å²) in [6.07, 6.45) is 1.33. The van der Waals surface area contributed by atoms with Gasteiger partial charge in [0.05, 0.1) is 7.11 Å². The number of anilines is 1. The van der Waals surface area contributed by atoms with Crippen LogP contribution in [-0.4, -0.2) is 27.7 Å². The Morgan fingerprint density at radius 2 is 1.91 bits per heavy atom. The van der Waals surface area contributed by atoms with E-state index in [1.165, 1.54) is 16.7 Å². The topological polar surface area (TPSA) is 69.0 Å². The van der Waals surface area contributed by atoms with Crippen molar-refractivity contribution in [2.75, 3.05) is 12.4 Å². The van der Waals surface area contributed by atoms with Crippen LogP contribution in [0.1, 0.15) is 55.0 Å². The number of hydrogen-bond acceptors (Lipinski definition) is 6. The van der Waals surface area contributed by atoms with E-state index in [0.29, 0.717) is 17.5 Å². The molecule has 0 saturated carbocycles. The first kappa shape index (κ1) is 22.7. The van der Waals surface area contributed by atoms with E-state index in [9.17, 15) is 4.79 Å². The normalized spacial score (nSPS) is 18.9. The first-order chi connectivity index (χ1) is 16.2. The van der Waals surface area contributed by atoms with Crippen LogP contribution in [0.3, 0.4) is 0 Å². The second kappa shape index (κ2) is 8.62. The number of Topliss-reactive ketones (excluding diaryl/α,β-unsaturated/α-hetero) is 1. The van der Waals surface area contributed by atoms with Crippen LogP contribution in [0.4, 0.5) is 5.95 Å². The summed E-state index contributed by atoms with van der Waals surface area (Å²) >= 11 is 1.62. The fraction of sp³-hybridized carbons (Fsp3) is 0.370. The number of fused-ring (bicyclic) bond motifs is 1. The SMILES string of the molecule is COc1ccc([C@@H]2C3=C(CC(C)(C)CC3=O)Nc3nc(SCc4ccc(C)cc4C)nn32)cc1. The number of thioether (sulfide) groups is 1. The number of ether oxygens (including phenoxy) is 1. The summed E-state index contributed by atoms with van der Waals surface area (Å²) in [6, 6.07) is 14.1. The van der Waals surface area contributed by atoms with E-state index >= 15 is 0 Å². The number of methoxy groups -OCH3 is 1. The van der Waals surface area contributed by atoms with Crippen molar-refractivity contribution in [2.45, 2.75) is 57.5 Å². The molecule has 2 aromatic carbocycles. The minimum atomic E-state index is -0.302. The van der Waals surface area contributed by atoms with Gasteiger partial charge >= 0.3 is 0 Å². The molecule has 1 N–H and O–H groups in total. The van der Waals surface area contributed by atoms with E-state index in [1.54, 1.807) is 18.9 Å². The minimum absolute atomic E-state index is 0.0872. The molecule has 7 heteroatoms. The summed E-state index contributed by atoms with van der Waals surface area (Å²) in [5.41, 5.74) is 6.49. The second-order valence-electron chi connectivity index (χ2n) is 10.0. The number of carbonyl (C=O) groups is 1. The highest BCUT2D eigenvalue weighted by atomic mass is 32.2. The smallest absolute Gasteiger partial charge is 0.227 e. The molecule has 6 nitrogen and oxygen atoms in total. The highest BCUT2D eigenvalue weighted by Crippen LogP contribution is 2.45. The fourth-order valence-corrected chi connectivity index (χ4v) is 5.80. The zero-order valence-electron chi connectivity index (χ0n) is 20.3. The number of nitrogens with one attached hydrogen (secondary N) is 1. The molecule has 0 spiro atoms. The van der Waals surface area contributed by atoms with Crippen molar-refractivity contribution in [3.63, 3.8) is 0 Å². The predicted octanol–water partition coefficient (Wildman–Crippen LogP) is 5.85. The van der Waals surface area contributed by atoms with Crippen LogP contribution in [0.15, 0.2) is 58.9 Å². The number of nitrogens with zero attached hydrogens (tertiary/aromatic N) is 3. The van der Waals surface area contributed by atoms with Crippen LogP contribution in [0.2, 0.25) is 0 Å². The largest absolute Gasteiger partial charge is 0.497 e. The van der Waals surface area contributed by atoms with Crippen LogP contribution in [0.5, 0.6) is 5.75 Å². The van der Waals surface area contributed by atoms with E-state index in [1.807, 2.05) is 28.9 Å². The number of carbonyl (C=O) groups excluding carboxylic acids is 1. The third-order valence-corrected chi connectivity index (χ3v) is 7.49. The molecular weight excluding hydrogens is 444 g/mol. The summed E-state index contributed by atoms with van der Waals surface area (Å²) in [4.78, 5) is 18.2. The molecule has 34 heavy (non-hydrogen) atoms. The second-order valence-corrected chi connectivity index (χ2v) is 11.0. The maximum Gasteiger partial charge on any atom is 0.227 e. The number of aromatic nitrogens is 3. The van der Waals surface area contributed by atoms with Gasteiger partial charge in [0.25, 0.3) is 0 Å². The van der Waals surface area contributed by atoms with Crippen molar-refractivity contribution >= 4 is 23.5 Å². The van der Waals surface area contributed by atoms with Gasteiger partial charge in [-0.25, -0.2) is 4.68 Å². The third kappa shape index (κ3) is 4.25. The van der Waals surface area contributed by atoms with Crippen molar-refractivity contribution in [2.24, 2.45) is 5.41 Å². The van der Waals surface area contributed by atoms with Gasteiger partial charge in [0.1, 0.15) is 11.8 Å². The molecule has 176 valence electrons. The molecule has 2 aliphatic rings. The Hall–Kier alpha value is -3.06. The first-order valence-corrected chi connectivity index (χ1v) is 12.6. The summed E-state index contributed by atoms with van der Waals surface area (Å²) in [6.45, 7) is 8.53. The van der Waals surface area contributed by atoms with Gasteiger partial charge in [-0.2, -0.15) is 4.98 Å². The number of aryl methyl sites for hydroxylation is 2. The average molecular weight is 475 g/mol. The number of benzene rings is 2. The maximum atomic E-state index is 13.4. The lowest BCUT2D eigenvalue weighted by molar-refractivity contribution is -0.118. The van der Waals surface area contributed by atoms with Gasteiger partial charge in [-0.3, -0.25) is 4.79 Å². The van der Waals surface area contributed by atoms with Crippen molar-refractivity contribution in [1.82, 2.24) is 14.8 Å². The number of hydrogen-bond donors (Lipinski definition) is 1. The lowest BCUT2D eigenvalue weighted by Crippen LogP contribution is -2.36. The molecule has 0 amide bonds. The predicted molar refractivity (Wildman–Crippen MR) is 135 cm³/mol. The highest BCUT2D eigenvalue weighted by molar-refractivity contribution is 7.98. The Kier molecular flexibility index (Phi) is 5.76. The zero-order chi connectivity index (χ0) is 24.0. The van der Waals surface area contributed by atoms with Crippen LogP contribution in [-0.2, 0) is 10.5 Å². The van der Waals surface area contributed by atoms with E-state index in [0.717, 1.165) is 34.8 Å². The van der Waals surface area contributed by atoms with Crippen molar-refractivity contribution in [1.29, 1.82) is 0 Å². The molecule has 3 aromatic rings. The van der Waals surface area contributed by atoms with Crippen molar-refractivity contribution < 1.29 is 9.53 Å². The number of ketones is 1. The van der Waals surface area contributed by atoms with Gasteiger partial charge in [0.2, 0.25) is 11.1 Å². The van der Waals surface area contributed by atoms with E-state index in [4.69, 9.17) is 14.8 Å². The minimum Gasteiger partial charge on any atom is -0.497 e. The third-order valence-electron chi connectivity index (χ3n) is 6.60. The first-order valence-electron chi connectivity index (χ1n) is 11.6. The van der Waals surface area contributed by atoms with E-state index < -0.39 is 0 Å². The summed E-state index contributed by atoms with van der Waals surface area (Å²) < 4.78 is 7.22. The molecule has 0 bridgehead atoms. The molecule has 0 saturated heterocycles. The molecule has 0 unspecified atom stereocenters. The number of allylic oxidation sites excluding steroid dienone is 2. The molecule has 5 rings (SSSR count). The fourth-order valence-electron chi connectivity index (χ4n) is 4.89. The molecule has 1 aliphatic carbocycles.